The van der Waals surface area contributed by atoms with Gasteiger partial charge in [0.2, 0.25) is 0 Å². The monoisotopic (exact) mass is 283 g/mol. The van der Waals surface area contributed by atoms with E-state index in [1.807, 2.05) is 18.4 Å². The van der Waals surface area contributed by atoms with Crippen LogP contribution in [0.1, 0.15) is 13.8 Å². The van der Waals surface area contributed by atoms with Crippen LogP contribution in [0.5, 0.6) is 5.75 Å². The van der Waals surface area contributed by atoms with E-state index in [9.17, 15) is 9.59 Å². The molecule has 1 unspecified atom stereocenters. The number of carboxylic acids is 1. The number of hydrogen-bond acceptors (Lipinski definition) is 4. The van der Waals surface area contributed by atoms with Crippen LogP contribution in [0, 0.1) is 0 Å². The van der Waals surface area contributed by atoms with E-state index in [2.05, 4.69) is 5.32 Å². The van der Waals surface area contributed by atoms with Crippen molar-refractivity contribution in [1.82, 2.24) is 5.32 Å². The van der Waals surface area contributed by atoms with E-state index in [0.717, 1.165) is 4.90 Å². The van der Waals surface area contributed by atoms with Gasteiger partial charge in [0.05, 0.1) is 0 Å². The summed E-state index contributed by atoms with van der Waals surface area (Å²) in [6.07, 6.45) is 1.22. The second-order valence-electron chi connectivity index (χ2n) is 4.00. The van der Waals surface area contributed by atoms with E-state index in [-0.39, 0.29) is 0 Å². The molecule has 5 nitrogen and oxygen atoms in total. The van der Waals surface area contributed by atoms with Crippen LogP contribution < -0.4 is 10.1 Å². The first-order valence-corrected chi connectivity index (χ1v) is 7.00. The number of carbonyl (C=O) groups is 2. The van der Waals surface area contributed by atoms with Gasteiger partial charge in [0, 0.05) is 4.90 Å². The molecule has 0 radical (unpaired) electrons. The zero-order valence-corrected chi connectivity index (χ0v) is 11.9. The third-order valence-corrected chi connectivity index (χ3v) is 3.21. The molecule has 0 saturated heterocycles. The van der Waals surface area contributed by atoms with E-state index in [1.54, 1.807) is 30.8 Å². The summed E-state index contributed by atoms with van der Waals surface area (Å²) in [5, 5.41) is 11.1. The van der Waals surface area contributed by atoms with Crippen LogP contribution in [-0.2, 0) is 9.59 Å². The standard InChI is InChI=1S/C13H17NO4S/c1-8(13(16)17)14-12(15)9(2)18-10-4-6-11(19-3)7-5-10/h4-9H,1-3H3,(H,14,15)(H,16,17)/t8-,9?/m1/s1. The van der Waals surface area contributed by atoms with E-state index < -0.39 is 24.0 Å². The zero-order chi connectivity index (χ0) is 14.4. The van der Waals surface area contributed by atoms with E-state index in [1.165, 1.54) is 6.92 Å². The largest absolute Gasteiger partial charge is 0.481 e. The van der Waals surface area contributed by atoms with Crippen LogP contribution in [0.15, 0.2) is 29.2 Å². The maximum Gasteiger partial charge on any atom is 0.325 e. The topological polar surface area (TPSA) is 75.6 Å². The Bertz CT molecular complexity index is 446. The molecule has 0 bridgehead atoms. The zero-order valence-electron chi connectivity index (χ0n) is 11.0. The molecule has 2 atom stereocenters. The number of thioether (sulfide) groups is 1. The van der Waals surface area contributed by atoms with Gasteiger partial charge in [-0.25, -0.2) is 0 Å². The van der Waals surface area contributed by atoms with Crippen molar-refractivity contribution in [3.05, 3.63) is 24.3 Å². The molecule has 1 amide bonds. The number of aliphatic carboxylic acids is 1. The second-order valence-corrected chi connectivity index (χ2v) is 4.88. The van der Waals surface area contributed by atoms with Gasteiger partial charge in [0.25, 0.3) is 5.91 Å². The molecule has 0 aliphatic heterocycles. The number of nitrogens with one attached hydrogen (secondary N) is 1. The third-order valence-electron chi connectivity index (χ3n) is 2.47. The fourth-order valence-corrected chi connectivity index (χ4v) is 1.71. The van der Waals surface area contributed by atoms with Crippen LogP contribution in [0.4, 0.5) is 0 Å². The Morgan fingerprint density at radius 3 is 2.32 bits per heavy atom. The molecule has 2 N–H and O–H groups in total. The molecule has 0 fully saturated rings. The number of ether oxygens (including phenoxy) is 1. The minimum absolute atomic E-state index is 0.455. The first-order chi connectivity index (χ1) is 8.93. The van der Waals surface area contributed by atoms with Crippen molar-refractivity contribution in [3.63, 3.8) is 0 Å². The summed E-state index contributed by atoms with van der Waals surface area (Å²) in [6, 6.07) is 6.40. The minimum atomic E-state index is -1.08. The summed E-state index contributed by atoms with van der Waals surface area (Å²) in [6.45, 7) is 2.98. The van der Waals surface area contributed by atoms with Crippen LogP contribution in [0.2, 0.25) is 0 Å². The van der Waals surface area contributed by atoms with Gasteiger partial charge in [0.1, 0.15) is 11.8 Å². The van der Waals surface area contributed by atoms with Crippen LogP contribution in [-0.4, -0.2) is 35.4 Å². The lowest BCUT2D eigenvalue weighted by Crippen LogP contribution is -2.44. The van der Waals surface area contributed by atoms with Gasteiger partial charge >= 0.3 is 5.97 Å². The molecule has 1 rings (SSSR count). The predicted octanol–water partition coefficient (Wildman–Crippen LogP) is 1.77. The maximum atomic E-state index is 11.7. The van der Waals surface area contributed by atoms with Gasteiger partial charge in [-0.1, -0.05) is 0 Å². The van der Waals surface area contributed by atoms with E-state index >= 15 is 0 Å². The summed E-state index contributed by atoms with van der Waals surface area (Å²) in [5.41, 5.74) is 0. The van der Waals surface area contributed by atoms with Crippen molar-refractivity contribution in [2.75, 3.05) is 6.26 Å². The molecule has 0 aliphatic carbocycles. The minimum Gasteiger partial charge on any atom is -0.481 e. The summed E-state index contributed by atoms with van der Waals surface area (Å²) >= 11 is 1.61. The molecular formula is C13H17NO4S. The van der Waals surface area contributed by atoms with E-state index in [4.69, 9.17) is 9.84 Å². The molecular weight excluding hydrogens is 266 g/mol. The predicted molar refractivity (Wildman–Crippen MR) is 73.6 cm³/mol. The first-order valence-electron chi connectivity index (χ1n) is 5.78. The van der Waals surface area contributed by atoms with Crippen molar-refractivity contribution < 1.29 is 19.4 Å². The Morgan fingerprint density at radius 1 is 1.26 bits per heavy atom. The highest BCUT2D eigenvalue weighted by Gasteiger charge is 2.20. The lowest BCUT2D eigenvalue weighted by Gasteiger charge is -2.16. The highest BCUT2D eigenvalue weighted by molar-refractivity contribution is 7.98. The van der Waals surface area contributed by atoms with Crippen LogP contribution >= 0.6 is 11.8 Å². The van der Waals surface area contributed by atoms with Crippen LogP contribution in [0.25, 0.3) is 0 Å². The molecule has 0 saturated carbocycles. The van der Waals surface area contributed by atoms with Gasteiger partial charge < -0.3 is 15.2 Å². The second kappa shape index (κ2) is 7.04. The Balaban J connectivity index is 2.55. The number of amides is 1. The van der Waals surface area contributed by atoms with Crippen molar-refractivity contribution in [2.24, 2.45) is 0 Å². The Labute approximate surface area is 116 Å². The molecule has 1 aromatic carbocycles. The van der Waals surface area contributed by atoms with Crippen molar-refractivity contribution >= 4 is 23.6 Å². The molecule has 0 aromatic heterocycles. The van der Waals surface area contributed by atoms with Gasteiger partial charge in [0.15, 0.2) is 6.10 Å². The van der Waals surface area contributed by atoms with Gasteiger partial charge in [-0.05, 0) is 44.4 Å². The lowest BCUT2D eigenvalue weighted by molar-refractivity contribution is -0.142. The van der Waals surface area contributed by atoms with Crippen LogP contribution in [0.3, 0.4) is 0 Å². The normalized spacial score (nSPS) is 13.4. The number of carbonyl (C=O) groups excluding carboxylic acids is 1. The van der Waals surface area contributed by atoms with Gasteiger partial charge in [-0.15, -0.1) is 11.8 Å². The Morgan fingerprint density at radius 2 is 1.84 bits per heavy atom. The summed E-state index contributed by atoms with van der Waals surface area (Å²) < 4.78 is 5.44. The average Bonchev–Trinajstić information content (AvgIpc) is 2.39. The molecule has 0 spiro atoms. The van der Waals surface area contributed by atoms with Gasteiger partial charge in [-0.2, -0.15) is 0 Å². The number of rotatable bonds is 6. The maximum absolute atomic E-state index is 11.7. The molecule has 0 aliphatic rings. The Kier molecular flexibility index (Phi) is 5.69. The molecule has 0 heterocycles. The fourth-order valence-electron chi connectivity index (χ4n) is 1.30. The van der Waals surface area contributed by atoms with E-state index in [0.29, 0.717) is 5.75 Å². The van der Waals surface area contributed by atoms with Crippen molar-refractivity contribution in [3.8, 4) is 5.75 Å². The third kappa shape index (κ3) is 4.82. The quantitative estimate of drug-likeness (QED) is 0.778. The number of benzene rings is 1. The Hall–Kier alpha value is -1.69. The molecule has 19 heavy (non-hydrogen) atoms. The summed E-state index contributed by atoms with van der Waals surface area (Å²) in [7, 11) is 0. The molecule has 1 aromatic rings. The molecule has 104 valence electrons. The summed E-state index contributed by atoms with van der Waals surface area (Å²) in [5.74, 6) is -0.961. The lowest BCUT2D eigenvalue weighted by atomic mass is 10.3. The van der Waals surface area contributed by atoms with Crippen molar-refractivity contribution in [1.29, 1.82) is 0 Å². The first kappa shape index (κ1) is 15.4. The van der Waals surface area contributed by atoms with Gasteiger partial charge in [-0.3, -0.25) is 9.59 Å². The highest BCUT2D eigenvalue weighted by Crippen LogP contribution is 2.19. The fraction of sp³-hybridized carbons (Fsp3) is 0.385. The molecule has 6 heteroatoms. The number of carboxylic acid groups (broad SMARTS) is 1. The highest BCUT2D eigenvalue weighted by atomic mass is 32.2. The summed E-state index contributed by atoms with van der Waals surface area (Å²) in [4.78, 5) is 23.4. The number of hydrogen-bond donors (Lipinski definition) is 2. The smallest absolute Gasteiger partial charge is 0.325 e. The van der Waals surface area contributed by atoms with Crippen molar-refractivity contribution in [2.45, 2.75) is 30.9 Å². The average molecular weight is 283 g/mol. The SMILES string of the molecule is CSc1ccc(OC(C)C(=O)N[C@H](C)C(=O)O)cc1.